The highest BCUT2D eigenvalue weighted by Crippen LogP contribution is 2.29. The topological polar surface area (TPSA) is 12.0 Å². The van der Waals surface area contributed by atoms with Crippen LogP contribution in [0.25, 0.3) is 0 Å². The zero-order chi connectivity index (χ0) is 12.3. The lowest BCUT2D eigenvalue weighted by molar-refractivity contribution is 0.632. The molecule has 1 nitrogen and oxygen atoms in total. The van der Waals surface area contributed by atoms with Crippen molar-refractivity contribution in [3.63, 3.8) is 0 Å². The fourth-order valence-electron chi connectivity index (χ4n) is 1.87. The van der Waals surface area contributed by atoms with Crippen molar-refractivity contribution in [2.45, 2.75) is 19.9 Å². The third-order valence-corrected chi connectivity index (χ3v) is 4.26. The van der Waals surface area contributed by atoms with E-state index in [1.165, 1.54) is 20.5 Å². The van der Waals surface area contributed by atoms with Crippen molar-refractivity contribution in [1.82, 2.24) is 5.32 Å². The van der Waals surface area contributed by atoms with Crippen LogP contribution in [0.1, 0.15) is 29.7 Å². The molecule has 0 amide bonds. The molecule has 17 heavy (non-hydrogen) atoms. The van der Waals surface area contributed by atoms with E-state index in [2.05, 4.69) is 70.8 Å². The van der Waals surface area contributed by atoms with Gasteiger partial charge in [0.25, 0.3) is 0 Å². The van der Waals surface area contributed by atoms with Crippen LogP contribution in [0.2, 0.25) is 0 Å². The third-order valence-electron chi connectivity index (χ3n) is 2.74. The standard InChI is InChI=1S/C14H16BrNS/c1-3-16-14(12-8-13(15)17-9-12)11-6-4-10(2)5-7-11/h4-9,14,16H,3H2,1-2H3. The Bertz CT molecular complexity index is 475. The Kier molecular flexibility index (Phi) is 4.37. The maximum Gasteiger partial charge on any atom is 0.0701 e. The number of nitrogens with one attached hydrogen (secondary N) is 1. The maximum atomic E-state index is 3.53. The Morgan fingerprint density at radius 1 is 1.24 bits per heavy atom. The van der Waals surface area contributed by atoms with E-state index in [-0.39, 0.29) is 0 Å². The van der Waals surface area contributed by atoms with Crippen molar-refractivity contribution in [2.75, 3.05) is 6.54 Å². The second-order valence-electron chi connectivity index (χ2n) is 4.09. The molecular weight excluding hydrogens is 294 g/mol. The summed E-state index contributed by atoms with van der Waals surface area (Å²) in [5.74, 6) is 0. The molecular formula is C14H16BrNS. The molecule has 0 aliphatic heterocycles. The van der Waals surface area contributed by atoms with E-state index < -0.39 is 0 Å². The van der Waals surface area contributed by atoms with Gasteiger partial charge in [-0.25, -0.2) is 0 Å². The number of aryl methyl sites for hydroxylation is 1. The summed E-state index contributed by atoms with van der Waals surface area (Å²) in [6.07, 6.45) is 0. The summed E-state index contributed by atoms with van der Waals surface area (Å²) in [5, 5.41) is 5.74. The second-order valence-corrected chi connectivity index (χ2v) is 6.38. The molecule has 1 unspecified atom stereocenters. The highest BCUT2D eigenvalue weighted by molar-refractivity contribution is 9.11. The largest absolute Gasteiger partial charge is 0.307 e. The predicted octanol–water partition coefficient (Wildman–Crippen LogP) is 4.52. The van der Waals surface area contributed by atoms with Crippen LogP contribution in [0.3, 0.4) is 0 Å². The minimum absolute atomic E-state index is 0.295. The molecule has 0 spiro atoms. The molecule has 1 heterocycles. The molecule has 2 aromatic rings. The summed E-state index contributed by atoms with van der Waals surface area (Å²) in [6, 6.07) is 11.2. The molecule has 3 heteroatoms. The van der Waals surface area contributed by atoms with E-state index in [1.807, 2.05) is 0 Å². The lowest BCUT2D eigenvalue weighted by Gasteiger charge is -2.17. The quantitative estimate of drug-likeness (QED) is 0.875. The lowest BCUT2D eigenvalue weighted by atomic mass is 10.0. The van der Waals surface area contributed by atoms with Gasteiger partial charge in [-0.2, -0.15) is 0 Å². The van der Waals surface area contributed by atoms with E-state index in [0.29, 0.717) is 6.04 Å². The Morgan fingerprint density at radius 2 is 1.94 bits per heavy atom. The number of halogens is 1. The van der Waals surface area contributed by atoms with Crippen molar-refractivity contribution in [3.8, 4) is 0 Å². The van der Waals surface area contributed by atoms with Gasteiger partial charge in [-0.3, -0.25) is 0 Å². The summed E-state index contributed by atoms with van der Waals surface area (Å²) in [4.78, 5) is 0. The van der Waals surface area contributed by atoms with Crippen LogP contribution in [-0.2, 0) is 0 Å². The van der Waals surface area contributed by atoms with E-state index in [4.69, 9.17) is 0 Å². The average molecular weight is 310 g/mol. The average Bonchev–Trinajstić information content (AvgIpc) is 2.74. The van der Waals surface area contributed by atoms with Gasteiger partial charge in [-0.1, -0.05) is 36.8 Å². The fraction of sp³-hybridized carbons (Fsp3) is 0.286. The smallest absolute Gasteiger partial charge is 0.0701 e. The Balaban J connectivity index is 2.31. The van der Waals surface area contributed by atoms with Crippen LogP contribution in [0.4, 0.5) is 0 Å². The molecule has 1 aromatic carbocycles. The zero-order valence-corrected chi connectivity index (χ0v) is 12.4. The van der Waals surface area contributed by atoms with Crippen molar-refractivity contribution in [2.24, 2.45) is 0 Å². The molecule has 0 radical (unpaired) electrons. The fourth-order valence-corrected chi connectivity index (χ4v) is 3.07. The van der Waals surface area contributed by atoms with Crippen LogP contribution in [0.15, 0.2) is 39.5 Å². The monoisotopic (exact) mass is 309 g/mol. The summed E-state index contributed by atoms with van der Waals surface area (Å²) >= 11 is 5.26. The van der Waals surface area contributed by atoms with Crippen LogP contribution in [-0.4, -0.2) is 6.54 Å². The molecule has 0 aliphatic rings. The second kappa shape index (κ2) is 5.80. The van der Waals surface area contributed by atoms with Crippen molar-refractivity contribution in [1.29, 1.82) is 0 Å². The first-order valence-electron chi connectivity index (χ1n) is 5.74. The minimum Gasteiger partial charge on any atom is -0.307 e. The molecule has 0 aliphatic carbocycles. The SMILES string of the molecule is CCNC(c1ccc(C)cc1)c1csc(Br)c1. The van der Waals surface area contributed by atoms with Crippen LogP contribution < -0.4 is 5.32 Å². The van der Waals surface area contributed by atoms with Gasteiger partial charge in [0.05, 0.1) is 9.83 Å². The van der Waals surface area contributed by atoms with Gasteiger partial charge in [0.15, 0.2) is 0 Å². The normalized spacial score (nSPS) is 12.6. The first-order valence-corrected chi connectivity index (χ1v) is 7.42. The molecule has 90 valence electrons. The zero-order valence-electron chi connectivity index (χ0n) is 10.0. The molecule has 0 saturated heterocycles. The highest BCUT2D eigenvalue weighted by atomic mass is 79.9. The Labute approximate surface area is 115 Å². The Morgan fingerprint density at radius 3 is 2.47 bits per heavy atom. The molecule has 1 N–H and O–H groups in total. The molecule has 1 aromatic heterocycles. The van der Waals surface area contributed by atoms with E-state index >= 15 is 0 Å². The van der Waals surface area contributed by atoms with Gasteiger partial charge in [0.1, 0.15) is 0 Å². The van der Waals surface area contributed by atoms with Gasteiger partial charge in [0.2, 0.25) is 0 Å². The maximum absolute atomic E-state index is 3.53. The van der Waals surface area contributed by atoms with Gasteiger partial charge in [-0.15, -0.1) is 11.3 Å². The number of hydrogen-bond acceptors (Lipinski definition) is 2. The lowest BCUT2D eigenvalue weighted by Crippen LogP contribution is -2.21. The highest BCUT2D eigenvalue weighted by Gasteiger charge is 2.13. The molecule has 1 atom stereocenters. The third kappa shape index (κ3) is 3.18. The van der Waals surface area contributed by atoms with E-state index in [9.17, 15) is 0 Å². The van der Waals surface area contributed by atoms with E-state index in [1.54, 1.807) is 11.3 Å². The Hall–Kier alpha value is -0.640. The number of benzene rings is 1. The van der Waals surface area contributed by atoms with Crippen molar-refractivity contribution in [3.05, 3.63) is 56.2 Å². The van der Waals surface area contributed by atoms with Gasteiger partial charge < -0.3 is 5.32 Å². The number of rotatable bonds is 4. The summed E-state index contributed by atoms with van der Waals surface area (Å²) < 4.78 is 1.18. The number of hydrogen-bond donors (Lipinski definition) is 1. The first-order chi connectivity index (χ1) is 8.20. The molecule has 0 saturated carbocycles. The van der Waals surface area contributed by atoms with Crippen molar-refractivity contribution < 1.29 is 0 Å². The van der Waals surface area contributed by atoms with Gasteiger partial charge in [0, 0.05) is 0 Å². The molecule has 0 fully saturated rings. The van der Waals surface area contributed by atoms with Crippen molar-refractivity contribution >= 4 is 27.3 Å². The van der Waals surface area contributed by atoms with Crippen LogP contribution in [0.5, 0.6) is 0 Å². The number of thiophene rings is 1. The predicted molar refractivity (Wildman–Crippen MR) is 78.7 cm³/mol. The van der Waals surface area contributed by atoms with E-state index in [0.717, 1.165) is 6.54 Å². The summed E-state index contributed by atoms with van der Waals surface area (Å²) in [6.45, 7) is 5.22. The van der Waals surface area contributed by atoms with Gasteiger partial charge in [-0.05, 0) is 52.0 Å². The minimum atomic E-state index is 0.295. The molecule has 0 bridgehead atoms. The first kappa shape index (κ1) is 12.8. The summed E-state index contributed by atoms with van der Waals surface area (Å²) in [5.41, 5.74) is 3.95. The summed E-state index contributed by atoms with van der Waals surface area (Å²) in [7, 11) is 0. The van der Waals surface area contributed by atoms with Gasteiger partial charge >= 0.3 is 0 Å². The van der Waals surface area contributed by atoms with Crippen LogP contribution >= 0.6 is 27.3 Å². The molecule has 2 rings (SSSR count). The van der Waals surface area contributed by atoms with Crippen LogP contribution in [0, 0.1) is 6.92 Å².